The van der Waals surface area contributed by atoms with Gasteiger partial charge >= 0.3 is 0 Å². The van der Waals surface area contributed by atoms with Crippen LogP contribution in [0.15, 0.2) is 0 Å². The summed E-state index contributed by atoms with van der Waals surface area (Å²) >= 11 is 0. The summed E-state index contributed by atoms with van der Waals surface area (Å²) in [5.41, 5.74) is 5.56. The lowest BCUT2D eigenvalue weighted by atomic mass is 10.2. The fraction of sp³-hybridized carbons (Fsp3) is 1.00. The maximum Gasteiger partial charge on any atom is 0.217 e. The SMILES string of the molecule is NC1CN(S(=O)(=O)C2CCOCC2)C1. The molecule has 2 aliphatic heterocycles. The summed E-state index contributed by atoms with van der Waals surface area (Å²) < 4.78 is 30.5. The minimum atomic E-state index is -3.08. The van der Waals surface area contributed by atoms with Crippen molar-refractivity contribution in [1.29, 1.82) is 0 Å². The van der Waals surface area contributed by atoms with E-state index in [9.17, 15) is 8.42 Å². The monoisotopic (exact) mass is 220 g/mol. The molecule has 0 radical (unpaired) electrons. The van der Waals surface area contributed by atoms with Crippen LogP contribution in [-0.2, 0) is 14.8 Å². The first-order valence-corrected chi connectivity index (χ1v) is 6.43. The third-order valence-electron chi connectivity index (χ3n) is 2.83. The zero-order valence-electron chi connectivity index (χ0n) is 8.05. The number of ether oxygens (including phenoxy) is 1. The number of sulfonamides is 1. The first-order valence-electron chi connectivity index (χ1n) is 4.93. The molecule has 2 aliphatic rings. The van der Waals surface area contributed by atoms with Gasteiger partial charge in [0.1, 0.15) is 0 Å². The lowest BCUT2D eigenvalue weighted by Crippen LogP contribution is -2.60. The minimum absolute atomic E-state index is 0.0321. The summed E-state index contributed by atoms with van der Waals surface area (Å²) in [5.74, 6) is 0. The zero-order chi connectivity index (χ0) is 10.2. The van der Waals surface area contributed by atoms with Gasteiger partial charge in [0.25, 0.3) is 0 Å². The van der Waals surface area contributed by atoms with Gasteiger partial charge in [0, 0.05) is 32.3 Å². The van der Waals surface area contributed by atoms with Crippen molar-refractivity contribution in [2.45, 2.75) is 24.1 Å². The Balaban J connectivity index is 2.00. The van der Waals surface area contributed by atoms with Crippen LogP contribution in [-0.4, -0.2) is 50.3 Å². The number of hydrogen-bond donors (Lipinski definition) is 1. The average Bonchev–Trinajstić information content (AvgIpc) is 2.14. The molecule has 2 N–H and O–H groups in total. The van der Waals surface area contributed by atoms with E-state index in [1.54, 1.807) is 0 Å². The Bertz CT molecular complexity index is 292. The van der Waals surface area contributed by atoms with Crippen LogP contribution in [0.25, 0.3) is 0 Å². The topological polar surface area (TPSA) is 72.6 Å². The molecule has 14 heavy (non-hydrogen) atoms. The van der Waals surface area contributed by atoms with E-state index in [4.69, 9.17) is 10.5 Å². The molecule has 0 aromatic carbocycles. The predicted molar refractivity (Wildman–Crippen MR) is 52.3 cm³/mol. The molecule has 0 amide bonds. The summed E-state index contributed by atoms with van der Waals surface area (Å²) in [6.45, 7) is 2.09. The minimum Gasteiger partial charge on any atom is -0.381 e. The number of nitrogens with zero attached hydrogens (tertiary/aromatic N) is 1. The lowest BCUT2D eigenvalue weighted by Gasteiger charge is -2.38. The van der Waals surface area contributed by atoms with Crippen LogP contribution in [0.1, 0.15) is 12.8 Å². The van der Waals surface area contributed by atoms with Gasteiger partial charge in [-0.05, 0) is 12.8 Å². The third kappa shape index (κ3) is 1.79. The van der Waals surface area contributed by atoms with Crippen molar-refractivity contribution in [3.05, 3.63) is 0 Å². The van der Waals surface area contributed by atoms with Crippen LogP contribution in [0.4, 0.5) is 0 Å². The quantitative estimate of drug-likeness (QED) is 0.657. The van der Waals surface area contributed by atoms with Crippen LogP contribution in [0.2, 0.25) is 0 Å². The van der Waals surface area contributed by atoms with Gasteiger partial charge in [-0.25, -0.2) is 8.42 Å². The normalized spacial score (nSPS) is 27.5. The van der Waals surface area contributed by atoms with Gasteiger partial charge in [0.2, 0.25) is 10.0 Å². The van der Waals surface area contributed by atoms with Crippen LogP contribution < -0.4 is 5.73 Å². The Morgan fingerprint density at radius 3 is 2.29 bits per heavy atom. The summed E-state index contributed by atoms with van der Waals surface area (Å²) in [6, 6.07) is 0.0321. The highest BCUT2D eigenvalue weighted by atomic mass is 32.2. The Kier molecular flexibility index (Phi) is 2.79. The van der Waals surface area contributed by atoms with Crippen LogP contribution in [0.3, 0.4) is 0 Å². The van der Waals surface area contributed by atoms with E-state index in [1.807, 2.05) is 0 Å². The van der Waals surface area contributed by atoms with E-state index in [-0.39, 0.29) is 11.3 Å². The van der Waals surface area contributed by atoms with Crippen molar-refractivity contribution in [1.82, 2.24) is 4.31 Å². The van der Waals surface area contributed by atoms with Gasteiger partial charge in [0.15, 0.2) is 0 Å². The van der Waals surface area contributed by atoms with E-state index in [2.05, 4.69) is 0 Å². The number of nitrogens with two attached hydrogens (primary N) is 1. The molecule has 0 unspecified atom stereocenters. The Morgan fingerprint density at radius 2 is 1.79 bits per heavy atom. The molecule has 2 rings (SSSR count). The molecular weight excluding hydrogens is 204 g/mol. The van der Waals surface area contributed by atoms with Gasteiger partial charge in [-0.15, -0.1) is 0 Å². The molecule has 2 heterocycles. The smallest absolute Gasteiger partial charge is 0.217 e. The maximum atomic E-state index is 11.9. The molecule has 0 aromatic heterocycles. The van der Waals surface area contributed by atoms with Gasteiger partial charge < -0.3 is 10.5 Å². The van der Waals surface area contributed by atoms with Crippen molar-refractivity contribution < 1.29 is 13.2 Å². The molecule has 5 nitrogen and oxygen atoms in total. The fourth-order valence-electron chi connectivity index (χ4n) is 1.86. The summed E-state index contributed by atoms with van der Waals surface area (Å²) in [6.07, 6.45) is 1.24. The van der Waals surface area contributed by atoms with Crippen LogP contribution in [0.5, 0.6) is 0 Å². The van der Waals surface area contributed by atoms with Crippen molar-refractivity contribution in [2.75, 3.05) is 26.3 Å². The van der Waals surface area contributed by atoms with E-state index in [0.717, 1.165) is 0 Å². The second-order valence-electron chi connectivity index (χ2n) is 3.93. The molecular formula is C8H16N2O3S. The largest absolute Gasteiger partial charge is 0.381 e. The van der Waals surface area contributed by atoms with Crippen molar-refractivity contribution in [3.63, 3.8) is 0 Å². The third-order valence-corrected chi connectivity index (χ3v) is 5.16. The zero-order valence-corrected chi connectivity index (χ0v) is 8.87. The lowest BCUT2D eigenvalue weighted by molar-refractivity contribution is 0.0962. The Labute approximate surface area is 84.3 Å². The maximum absolute atomic E-state index is 11.9. The molecule has 0 aromatic rings. The van der Waals surface area contributed by atoms with Crippen molar-refractivity contribution in [3.8, 4) is 0 Å². The van der Waals surface area contributed by atoms with Crippen molar-refractivity contribution >= 4 is 10.0 Å². The number of rotatable bonds is 2. The molecule has 0 atom stereocenters. The van der Waals surface area contributed by atoms with Crippen LogP contribution in [0, 0.1) is 0 Å². The molecule has 0 saturated carbocycles. The molecule has 0 spiro atoms. The van der Waals surface area contributed by atoms with E-state index >= 15 is 0 Å². The predicted octanol–water partition coefficient (Wildman–Crippen LogP) is -0.862. The Hall–Kier alpha value is -0.170. The fourth-order valence-corrected chi connectivity index (χ4v) is 3.87. The van der Waals surface area contributed by atoms with Gasteiger partial charge in [0.05, 0.1) is 5.25 Å². The van der Waals surface area contributed by atoms with Crippen LogP contribution >= 0.6 is 0 Å². The molecule has 2 fully saturated rings. The molecule has 6 heteroatoms. The second kappa shape index (κ2) is 3.77. The van der Waals surface area contributed by atoms with Gasteiger partial charge in [-0.3, -0.25) is 0 Å². The van der Waals surface area contributed by atoms with E-state index in [1.165, 1.54) is 4.31 Å². The number of hydrogen-bond acceptors (Lipinski definition) is 4. The van der Waals surface area contributed by atoms with Gasteiger partial charge in [-0.2, -0.15) is 4.31 Å². The Morgan fingerprint density at radius 1 is 1.21 bits per heavy atom. The molecule has 0 aliphatic carbocycles. The van der Waals surface area contributed by atoms with E-state index in [0.29, 0.717) is 39.1 Å². The highest BCUT2D eigenvalue weighted by Gasteiger charge is 2.39. The van der Waals surface area contributed by atoms with Crippen molar-refractivity contribution in [2.24, 2.45) is 5.73 Å². The van der Waals surface area contributed by atoms with E-state index < -0.39 is 10.0 Å². The first-order chi connectivity index (χ1) is 6.60. The summed E-state index contributed by atoms with van der Waals surface area (Å²) in [5, 5.41) is -0.247. The summed E-state index contributed by atoms with van der Waals surface area (Å²) in [4.78, 5) is 0. The molecule has 0 bridgehead atoms. The summed E-state index contributed by atoms with van der Waals surface area (Å²) in [7, 11) is -3.08. The average molecular weight is 220 g/mol. The highest BCUT2D eigenvalue weighted by Crippen LogP contribution is 2.23. The highest BCUT2D eigenvalue weighted by molar-refractivity contribution is 7.89. The van der Waals surface area contributed by atoms with Gasteiger partial charge in [-0.1, -0.05) is 0 Å². The molecule has 2 saturated heterocycles. The molecule has 82 valence electrons. The second-order valence-corrected chi connectivity index (χ2v) is 6.15. The standard InChI is InChI=1S/C8H16N2O3S/c9-7-5-10(6-7)14(11,12)8-1-3-13-4-2-8/h7-8H,1-6,9H2. The first kappa shape index (κ1) is 10.4.